The molecule has 0 radical (unpaired) electrons. The van der Waals surface area contributed by atoms with Crippen LogP contribution in [0.3, 0.4) is 0 Å². The number of nitrogens with one attached hydrogen (secondary N) is 1. The fourth-order valence-electron chi connectivity index (χ4n) is 3.75. The van der Waals surface area contributed by atoms with Crippen molar-refractivity contribution >= 4 is 5.91 Å². The highest BCUT2D eigenvalue weighted by Gasteiger charge is 2.25. The SMILES string of the molecule is O=C(CN1CCCN(C2CCCC2)CC1)NCc1cccnc1. The van der Waals surface area contributed by atoms with Gasteiger partial charge in [-0.25, -0.2) is 0 Å². The lowest BCUT2D eigenvalue weighted by atomic mass is 10.2. The number of pyridine rings is 1. The summed E-state index contributed by atoms with van der Waals surface area (Å²) in [6, 6.07) is 4.68. The van der Waals surface area contributed by atoms with Gasteiger partial charge >= 0.3 is 0 Å². The minimum absolute atomic E-state index is 0.114. The van der Waals surface area contributed by atoms with Crippen molar-refractivity contribution in [3.63, 3.8) is 0 Å². The summed E-state index contributed by atoms with van der Waals surface area (Å²) in [6.07, 6.45) is 10.2. The third-order valence-corrected chi connectivity index (χ3v) is 5.04. The van der Waals surface area contributed by atoms with E-state index in [1.54, 1.807) is 12.4 Å². The van der Waals surface area contributed by atoms with Gasteiger partial charge in [0, 0.05) is 38.1 Å². The van der Waals surface area contributed by atoms with E-state index in [1.165, 1.54) is 38.6 Å². The van der Waals surface area contributed by atoms with E-state index in [-0.39, 0.29) is 5.91 Å². The molecule has 2 fully saturated rings. The molecule has 23 heavy (non-hydrogen) atoms. The summed E-state index contributed by atoms with van der Waals surface area (Å²) in [4.78, 5) is 21.2. The molecule has 1 aromatic rings. The monoisotopic (exact) mass is 316 g/mol. The van der Waals surface area contributed by atoms with Crippen molar-refractivity contribution in [2.24, 2.45) is 0 Å². The maximum absolute atomic E-state index is 12.1. The van der Waals surface area contributed by atoms with Gasteiger partial charge in [0.2, 0.25) is 5.91 Å². The fourth-order valence-corrected chi connectivity index (χ4v) is 3.75. The molecule has 1 N–H and O–H groups in total. The standard InChI is InChI=1S/C18H28N4O/c23-18(20-14-16-5-3-8-19-13-16)15-21-9-4-10-22(12-11-21)17-6-1-2-7-17/h3,5,8,13,17H,1-2,4,6-7,9-12,14-15H2,(H,20,23). The Morgan fingerprint density at radius 2 is 2.04 bits per heavy atom. The van der Waals surface area contributed by atoms with E-state index in [4.69, 9.17) is 0 Å². The summed E-state index contributed by atoms with van der Waals surface area (Å²) < 4.78 is 0. The lowest BCUT2D eigenvalue weighted by molar-refractivity contribution is -0.122. The average molecular weight is 316 g/mol. The summed E-state index contributed by atoms with van der Waals surface area (Å²) in [5, 5.41) is 3.00. The van der Waals surface area contributed by atoms with Crippen LogP contribution in [0.15, 0.2) is 24.5 Å². The number of nitrogens with zero attached hydrogens (tertiary/aromatic N) is 3. The quantitative estimate of drug-likeness (QED) is 0.897. The highest BCUT2D eigenvalue weighted by molar-refractivity contribution is 5.78. The molecular weight excluding hydrogens is 288 g/mol. The van der Waals surface area contributed by atoms with E-state index < -0.39 is 0 Å². The van der Waals surface area contributed by atoms with Crippen molar-refractivity contribution in [1.29, 1.82) is 0 Å². The molecule has 0 spiro atoms. The van der Waals surface area contributed by atoms with Crippen molar-refractivity contribution in [3.05, 3.63) is 30.1 Å². The molecule has 0 unspecified atom stereocenters. The van der Waals surface area contributed by atoms with Crippen LogP contribution in [0.2, 0.25) is 0 Å². The van der Waals surface area contributed by atoms with Gasteiger partial charge in [0.1, 0.15) is 0 Å². The molecule has 1 aliphatic carbocycles. The van der Waals surface area contributed by atoms with Crippen molar-refractivity contribution in [2.45, 2.75) is 44.7 Å². The summed E-state index contributed by atoms with van der Waals surface area (Å²) in [6.45, 7) is 5.42. The van der Waals surface area contributed by atoms with Crippen LogP contribution in [0.25, 0.3) is 0 Å². The van der Waals surface area contributed by atoms with Gasteiger partial charge in [-0.2, -0.15) is 0 Å². The number of aromatic nitrogens is 1. The minimum Gasteiger partial charge on any atom is -0.351 e. The Labute approximate surface area is 139 Å². The van der Waals surface area contributed by atoms with Gasteiger partial charge in [0.15, 0.2) is 0 Å². The lowest BCUT2D eigenvalue weighted by Crippen LogP contribution is -2.40. The normalized spacial score (nSPS) is 21.2. The van der Waals surface area contributed by atoms with Gasteiger partial charge in [-0.15, -0.1) is 0 Å². The molecule has 0 atom stereocenters. The van der Waals surface area contributed by atoms with Crippen LogP contribution in [0, 0.1) is 0 Å². The Morgan fingerprint density at radius 1 is 1.17 bits per heavy atom. The fraction of sp³-hybridized carbons (Fsp3) is 0.667. The second kappa shape index (κ2) is 8.41. The van der Waals surface area contributed by atoms with Crippen LogP contribution in [0.5, 0.6) is 0 Å². The Morgan fingerprint density at radius 3 is 2.83 bits per heavy atom. The van der Waals surface area contributed by atoms with E-state index in [2.05, 4.69) is 20.1 Å². The predicted octanol–water partition coefficient (Wildman–Crippen LogP) is 1.65. The van der Waals surface area contributed by atoms with Crippen LogP contribution in [-0.2, 0) is 11.3 Å². The van der Waals surface area contributed by atoms with Gasteiger partial charge in [-0.1, -0.05) is 18.9 Å². The molecule has 2 heterocycles. The number of carbonyl (C=O) groups is 1. The van der Waals surface area contributed by atoms with Crippen molar-refractivity contribution in [3.8, 4) is 0 Å². The minimum atomic E-state index is 0.114. The highest BCUT2D eigenvalue weighted by Crippen LogP contribution is 2.24. The maximum atomic E-state index is 12.1. The molecule has 0 bridgehead atoms. The Bertz CT molecular complexity index is 487. The van der Waals surface area contributed by atoms with Gasteiger partial charge < -0.3 is 5.32 Å². The van der Waals surface area contributed by atoms with Crippen LogP contribution in [0.1, 0.15) is 37.7 Å². The molecule has 1 amide bonds. The van der Waals surface area contributed by atoms with Gasteiger partial charge in [0.25, 0.3) is 0 Å². The topological polar surface area (TPSA) is 48.5 Å². The molecule has 5 nitrogen and oxygen atoms in total. The van der Waals surface area contributed by atoms with Crippen molar-refractivity contribution < 1.29 is 4.79 Å². The van der Waals surface area contributed by atoms with Crippen LogP contribution in [0.4, 0.5) is 0 Å². The smallest absolute Gasteiger partial charge is 0.234 e. The zero-order valence-electron chi connectivity index (χ0n) is 13.9. The second-order valence-corrected chi connectivity index (χ2v) is 6.74. The Kier molecular flexibility index (Phi) is 6.00. The zero-order valence-corrected chi connectivity index (χ0v) is 13.9. The Hall–Kier alpha value is -1.46. The molecule has 1 saturated carbocycles. The largest absolute Gasteiger partial charge is 0.351 e. The first-order chi connectivity index (χ1) is 11.3. The van der Waals surface area contributed by atoms with E-state index in [0.29, 0.717) is 13.1 Å². The first kappa shape index (κ1) is 16.4. The van der Waals surface area contributed by atoms with Crippen molar-refractivity contribution in [1.82, 2.24) is 20.1 Å². The van der Waals surface area contributed by atoms with Gasteiger partial charge in [-0.05, 0) is 44.0 Å². The predicted molar refractivity (Wildman–Crippen MR) is 91.0 cm³/mol. The number of rotatable bonds is 5. The molecule has 1 aliphatic heterocycles. The molecule has 1 aromatic heterocycles. The summed E-state index contributed by atoms with van der Waals surface area (Å²) in [5.41, 5.74) is 1.05. The van der Waals surface area contributed by atoms with E-state index >= 15 is 0 Å². The number of carbonyl (C=O) groups excluding carboxylic acids is 1. The number of amides is 1. The highest BCUT2D eigenvalue weighted by atomic mass is 16.2. The lowest BCUT2D eigenvalue weighted by Gasteiger charge is -2.27. The van der Waals surface area contributed by atoms with Crippen molar-refractivity contribution in [2.75, 3.05) is 32.7 Å². The first-order valence-electron chi connectivity index (χ1n) is 8.93. The average Bonchev–Trinajstić information content (AvgIpc) is 3.02. The number of hydrogen-bond donors (Lipinski definition) is 1. The third kappa shape index (κ3) is 5.01. The molecule has 2 aliphatic rings. The van der Waals surface area contributed by atoms with E-state index in [0.717, 1.165) is 31.2 Å². The summed E-state index contributed by atoms with van der Waals surface area (Å²) >= 11 is 0. The van der Waals surface area contributed by atoms with Crippen LogP contribution >= 0.6 is 0 Å². The van der Waals surface area contributed by atoms with Crippen LogP contribution in [-0.4, -0.2) is 59.5 Å². The summed E-state index contributed by atoms with van der Waals surface area (Å²) in [7, 11) is 0. The third-order valence-electron chi connectivity index (χ3n) is 5.04. The van der Waals surface area contributed by atoms with E-state index in [1.807, 2.05) is 12.1 Å². The molecule has 5 heteroatoms. The summed E-state index contributed by atoms with van der Waals surface area (Å²) in [5.74, 6) is 0.114. The first-order valence-corrected chi connectivity index (χ1v) is 8.93. The second-order valence-electron chi connectivity index (χ2n) is 6.74. The zero-order chi connectivity index (χ0) is 15.9. The van der Waals surface area contributed by atoms with Crippen LogP contribution < -0.4 is 5.32 Å². The molecule has 126 valence electrons. The maximum Gasteiger partial charge on any atom is 0.234 e. The Balaban J connectivity index is 1.40. The molecule has 3 rings (SSSR count). The molecular formula is C18H28N4O. The molecule has 1 saturated heterocycles. The number of hydrogen-bond acceptors (Lipinski definition) is 4. The van der Waals surface area contributed by atoms with Gasteiger partial charge in [0.05, 0.1) is 6.54 Å². The van der Waals surface area contributed by atoms with E-state index in [9.17, 15) is 4.79 Å². The van der Waals surface area contributed by atoms with Gasteiger partial charge in [-0.3, -0.25) is 19.6 Å². The molecule has 0 aromatic carbocycles.